The molecular weight excluding hydrogens is 270 g/mol. The van der Waals surface area contributed by atoms with Crippen LogP contribution in [0.1, 0.15) is 24.2 Å². The van der Waals surface area contributed by atoms with Crippen molar-refractivity contribution in [3.63, 3.8) is 0 Å². The SMILES string of the molecule is Cc1ccc2nc(Sc3ccc([C@H](C)O)cn3)[nH]c2c1. The minimum absolute atomic E-state index is 0.490. The van der Waals surface area contributed by atoms with Gasteiger partial charge in [0, 0.05) is 6.20 Å². The van der Waals surface area contributed by atoms with Crippen LogP contribution >= 0.6 is 11.8 Å². The molecule has 0 aliphatic rings. The minimum atomic E-state index is -0.490. The second-order valence-electron chi connectivity index (χ2n) is 4.77. The highest BCUT2D eigenvalue weighted by Gasteiger charge is 2.07. The summed E-state index contributed by atoms with van der Waals surface area (Å²) >= 11 is 1.48. The lowest BCUT2D eigenvalue weighted by atomic mass is 10.2. The average molecular weight is 285 g/mol. The monoisotopic (exact) mass is 285 g/mol. The van der Waals surface area contributed by atoms with E-state index in [1.165, 1.54) is 17.3 Å². The molecule has 2 heterocycles. The molecule has 2 aromatic heterocycles. The Kier molecular flexibility index (Phi) is 3.46. The normalized spacial score (nSPS) is 12.8. The zero-order chi connectivity index (χ0) is 14.1. The summed E-state index contributed by atoms with van der Waals surface area (Å²) in [4.78, 5) is 12.1. The van der Waals surface area contributed by atoms with E-state index in [1.54, 1.807) is 13.1 Å². The predicted octanol–water partition coefficient (Wildman–Crippen LogP) is 3.47. The summed E-state index contributed by atoms with van der Waals surface area (Å²) in [6, 6.07) is 9.91. The number of H-pyrrole nitrogens is 1. The van der Waals surface area contributed by atoms with E-state index in [2.05, 4.69) is 27.9 Å². The van der Waals surface area contributed by atoms with Crippen molar-refractivity contribution in [2.75, 3.05) is 0 Å². The molecule has 20 heavy (non-hydrogen) atoms. The van der Waals surface area contributed by atoms with E-state index in [0.29, 0.717) is 0 Å². The van der Waals surface area contributed by atoms with Crippen LogP contribution in [0.2, 0.25) is 0 Å². The van der Waals surface area contributed by atoms with Gasteiger partial charge in [-0.05, 0) is 54.9 Å². The molecular formula is C15H15N3OS. The second-order valence-corrected chi connectivity index (χ2v) is 5.78. The first-order valence-corrected chi connectivity index (χ1v) is 7.22. The summed E-state index contributed by atoms with van der Waals surface area (Å²) in [7, 11) is 0. The van der Waals surface area contributed by atoms with Crippen molar-refractivity contribution >= 4 is 22.8 Å². The van der Waals surface area contributed by atoms with Gasteiger partial charge in [0.05, 0.1) is 17.1 Å². The molecule has 0 unspecified atom stereocenters. The third kappa shape index (κ3) is 2.69. The summed E-state index contributed by atoms with van der Waals surface area (Å²) < 4.78 is 0. The fourth-order valence-electron chi connectivity index (χ4n) is 1.95. The summed E-state index contributed by atoms with van der Waals surface area (Å²) in [6.45, 7) is 3.79. The molecule has 3 rings (SSSR count). The second kappa shape index (κ2) is 5.26. The summed E-state index contributed by atoms with van der Waals surface area (Å²) in [5.74, 6) is 0. The molecule has 0 aliphatic heterocycles. The number of hydrogen-bond acceptors (Lipinski definition) is 4. The van der Waals surface area contributed by atoms with Crippen LogP contribution in [0.5, 0.6) is 0 Å². The maximum Gasteiger partial charge on any atom is 0.172 e. The molecule has 3 aromatic rings. The topological polar surface area (TPSA) is 61.8 Å². The highest BCUT2D eigenvalue weighted by Crippen LogP contribution is 2.26. The number of fused-ring (bicyclic) bond motifs is 1. The summed E-state index contributed by atoms with van der Waals surface area (Å²) in [5, 5.41) is 11.1. The predicted molar refractivity (Wildman–Crippen MR) is 79.8 cm³/mol. The number of nitrogens with zero attached hydrogens (tertiary/aromatic N) is 2. The van der Waals surface area contributed by atoms with Crippen LogP contribution in [0.3, 0.4) is 0 Å². The Hall–Kier alpha value is -1.85. The van der Waals surface area contributed by atoms with Gasteiger partial charge in [0.1, 0.15) is 5.03 Å². The Labute approximate surface area is 121 Å². The number of aromatic nitrogens is 3. The molecule has 0 aliphatic carbocycles. The molecule has 0 radical (unpaired) electrons. The lowest BCUT2D eigenvalue weighted by molar-refractivity contribution is 0.198. The van der Waals surface area contributed by atoms with E-state index < -0.39 is 6.10 Å². The van der Waals surface area contributed by atoms with Gasteiger partial charge in [0.15, 0.2) is 5.16 Å². The average Bonchev–Trinajstić information content (AvgIpc) is 2.80. The van der Waals surface area contributed by atoms with Gasteiger partial charge >= 0.3 is 0 Å². The summed E-state index contributed by atoms with van der Waals surface area (Å²) in [5.41, 5.74) is 4.01. The molecule has 0 amide bonds. The van der Waals surface area contributed by atoms with Crippen LogP contribution in [0.15, 0.2) is 46.7 Å². The van der Waals surface area contributed by atoms with Crippen molar-refractivity contribution in [1.82, 2.24) is 15.0 Å². The van der Waals surface area contributed by atoms with Gasteiger partial charge in [0.2, 0.25) is 0 Å². The van der Waals surface area contributed by atoms with Crippen LogP contribution in [-0.4, -0.2) is 20.1 Å². The Morgan fingerprint density at radius 3 is 2.80 bits per heavy atom. The maximum atomic E-state index is 9.46. The first kappa shape index (κ1) is 13.1. The van der Waals surface area contributed by atoms with Crippen molar-refractivity contribution in [3.05, 3.63) is 47.7 Å². The number of aliphatic hydroxyl groups excluding tert-OH is 1. The molecule has 0 bridgehead atoms. The largest absolute Gasteiger partial charge is 0.389 e. The number of aromatic amines is 1. The van der Waals surface area contributed by atoms with E-state index in [1.807, 2.05) is 24.3 Å². The van der Waals surface area contributed by atoms with E-state index in [9.17, 15) is 5.11 Å². The number of benzene rings is 1. The van der Waals surface area contributed by atoms with Crippen LogP contribution < -0.4 is 0 Å². The first-order valence-electron chi connectivity index (χ1n) is 6.40. The first-order chi connectivity index (χ1) is 9.61. The van der Waals surface area contributed by atoms with Gasteiger partial charge in [-0.25, -0.2) is 9.97 Å². The standard InChI is InChI=1S/C15H15N3OS/c1-9-3-5-12-13(7-9)18-15(17-12)20-14-6-4-11(8-16-14)10(2)19/h3-8,10,19H,1-2H3,(H,17,18)/t10-/m0/s1. The van der Waals surface area contributed by atoms with Gasteiger partial charge in [-0.1, -0.05) is 12.1 Å². The molecule has 2 N–H and O–H groups in total. The fourth-order valence-corrected chi connectivity index (χ4v) is 2.69. The lowest BCUT2D eigenvalue weighted by Crippen LogP contribution is -1.92. The molecule has 102 valence electrons. The molecule has 1 atom stereocenters. The Bertz CT molecular complexity index is 734. The van der Waals surface area contributed by atoms with E-state index in [-0.39, 0.29) is 0 Å². The van der Waals surface area contributed by atoms with Gasteiger partial charge < -0.3 is 10.1 Å². The number of pyridine rings is 1. The molecule has 0 saturated carbocycles. The number of hydrogen-bond donors (Lipinski definition) is 2. The van der Waals surface area contributed by atoms with Crippen molar-refractivity contribution in [2.24, 2.45) is 0 Å². The van der Waals surface area contributed by atoms with E-state index in [0.717, 1.165) is 26.8 Å². The van der Waals surface area contributed by atoms with Crippen molar-refractivity contribution in [1.29, 1.82) is 0 Å². The highest BCUT2D eigenvalue weighted by molar-refractivity contribution is 7.99. The van der Waals surface area contributed by atoms with Crippen molar-refractivity contribution in [2.45, 2.75) is 30.1 Å². The van der Waals surface area contributed by atoms with Gasteiger partial charge in [0.25, 0.3) is 0 Å². The Morgan fingerprint density at radius 2 is 2.10 bits per heavy atom. The van der Waals surface area contributed by atoms with E-state index >= 15 is 0 Å². The number of rotatable bonds is 3. The molecule has 0 saturated heterocycles. The number of imidazole rings is 1. The number of aliphatic hydroxyl groups is 1. The van der Waals surface area contributed by atoms with Crippen LogP contribution in [0.25, 0.3) is 11.0 Å². The van der Waals surface area contributed by atoms with Crippen LogP contribution in [0, 0.1) is 6.92 Å². The molecule has 0 fully saturated rings. The van der Waals surface area contributed by atoms with Gasteiger partial charge in [-0.2, -0.15) is 0 Å². The molecule has 1 aromatic carbocycles. The smallest absolute Gasteiger partial charge is 0.172 e. The van der Waals surface area contributed by atoms with Crippen LogP contribution in [0.4, 0.5) is 0 Å². The third-order valence-corrected chi connectivity index (χ3v) is 3.90. The Balaban J connectivity index is 1.85. The zero-order valence-corrected chi connectivity index (χ0v) is 12.1. The maximum absolute atomic E-state index is 9.46. The third-order valence-electron chi connectivity index (χ3n) is 3.06. The van der Waals surface area contributed by atoms with Crippen LogP contribution in [-0.2, 0) is 0 Å². The zero-order valence-electron chi connectivity index (χ0n) is 11.3. The van der Waals surface area contributed by atoms with Gasteiger partial charge in [-0.15, -0.1) is 0 Å². The minimum Gasteiger partial charge on any atom is -0.389 e. The molecule has 4 nitrogen and oxygen atoms in total. The number of nitrogens with one attached hydrogen (secondary N) is 1. The quantitative estimate of drug-likeness (QED) is 0.773. The Morgan fingerprint density at radius 1 is 1.25 bits per heavy atom. The fraction of sp³-hybridized carbons (Fsp3) is 0.200. The molecule has 5 heteroatoms. The van der Waals surface area contributed by atoms with Crippen molar-refractivity contribution < 1.29 is 5.11 Å². The molecule has 0 spiro atoms. The van der Waals surface area contributed by atoms with Gasteiger partial charge in [-0.3, -0.25) is 0 Å². The summed E-state index contributed by atoms with van der Waals surface area (Å²) in [6.07, 6.45) is 1.20. The lowest BCUT2D eigenvalue weighted by Gasteiger charge is -2.03. The highest BCUT2D eigenvalue weighted by atomic mass is 32.2. The number of aryl methyl sites for hydroxylation is 1. The van der Waals surface area contributed by atoms with E-state index in [4.69, 9.17) is 0 Å². The van der Waals surface area contributed by atoms with Crippen molar-refractivity contribution in [3.8, 4) is 0 Å².